The normalized spacial score (nSPS) is 18.7. The maximum Gasteiger partial charge on any atom is 0.255 e. The topological polar surface area (TPSA) is 23.6 Å². The van der Waals surface area contributed by atoms with Gasteiger partial charge in [0, 0.05) is 26.7 Å². The number of allylic oxidation sites excluding steroid dienone is 1. The number of hydrogen-bond donors (Lipinski definition) is 0. The van der Waals surface area contributed by atoms with Crippen LogP contribution in [-0.4, -0.2) is 35.8 Å². The Labute approximate surface area is 198 Å². The lowest BCUT2D eigenvalue weighted by atomic mass is 9.67. The molecule has 1 fully saturated rings. The third kappa shape index (κ3) is 4.68. The second-order valence-corrected chi connectivity index (χ2v) is 8.98. The lowest BCUT2D eigenvalue weighted by Crippen LogP contribution is -2.44. The van der Waals surface area contributed by atoms with Crippen molar-refractivity contribution in [3.05, 3.63) is 93.4 Å². The summed E-state index contributed by atoms with van der Waals surface area (Å²) in [5.41, 5.74) is 2.72. The standard InChI is InChI=1S/C24H23Cl2FN2O.ClH/c1-16-11-22(23(30)29(16)15-17-12-19(25)14-20(26)13-17)24(7-9-28(2)10-8-24)18-3-5-21(27)6-4-18;/h3-6,11-14H,1,7-10,15H2,2H3;1H. The summed E-state index contributed by atoms with van der Waals surface area (Å²) < 4.78 is 13.6. The van der Waals surface area contributed by atoms with Gasteiger partial charge in [-0.3, -0.25) is 4.79 Å². The van der Waals surface area contributed by atoms with Crippen LogP contribution in [0.4, 0.5) is 4.39 Å². The summed E-state index contributed by atoms with van der Waals surface area (Å²) in [5, 5.41) is 1.06. The largest absolute Gasteiger partial charge is 0.306 e. The molecule has 0 saturated carbocycles. The van der Waals surface area contributed by atoms with E-state index in [4.69, 9.17) is 23.2 Å². The van der Waals surface area contributed by atoms with Crippen molar-refractivity contribution in [2.45, 2.75) is 24.8 Å². The van der Waals surface area contributed by atoms with Crippen molar-refractivity contribution >= 4 is 41.5 Å². The van der Waals surface area contributed by atoms with E-state index in [0.29, 0.717) is 22.3 Å². The zero-order valence-corrected chi connectivity index (χ0v) is 19.5. The monoisotopic (exact) mass is 480 g/mol. The van der Waals surface area contributed by atoms with Crippen LogP contribution in [0, 0.1) is 5.82 Å². The number of rotatable bonds is 4. The first-order chi connectivity index (χ1) is 14.3. The van der Waals surface area contributed by atoms with Gasteiger partial charge in [0.2, 0.25) is 0 Å². The summed E-state index contributed by atoms with van der Waals surface area (Å²) in [6, 6.07) is 11.8. The lowest BCUT2D eigenvalue weighted by molar-refractivity contribution is -0.125. The van der Waals surface area contributed by atoms with E-state index < -0.39 is 5.41 Å². The van der Waals surface area contributed by atoms with Crippen molar-refractivity contribution in [2.24, 2.45) is 0 Å². The average molecular weight is 482 g/mol. The van der Waals surface area contributed by atoms with Gasteiger partial charge >= 0.3 is 0 Å². The summed E-state index contributed by atoms with van der Waals surface area (Å²) in [5.74, 6) is -0.345. The van der Waals surface area contributed by atoms with Crippen LogP contribution >= 0.6 is 35.6 Å². The molecular weight excluding hydrogens is 458 g/mol. The fraction of sp³-hybridized carbons (Fsp3) is 0.292. The summed E-state index contributed by atoms with van der Waals surface area (Å²) in [4.78, 5) is 17.5. The second-order valence-electron chi connectivity index (χ2n) is 8.11. The maximum absolute atomic E-state index is 13.6. The average Bonchev–Trinajstić information content (AvgIpc) is 2.97. The van der Waals surface area contributed by atoms with E-state index in [-0.39, 0.29) is 24.1 Å². The van der Waals surface area contributed by atoms with E-state index in [9.17, 15) is 9.18 Å². The molecule has 0 radical (unpaired) electrons. The molecule has 2 aliphatic rings. The van der Waals surface area contributed by atoms with E-state index in [2.05, 4.69) is 18.5 Å². The Hall–Kier alpha value is -1.85. The van der Waals surface area contributed by atoms with Crippen LogP contribution in [0.1, 0.15) is 24.0 Å². The Kier molecular flexibility index (Phi) is 7.17. The third-order valence-corrected chi connectivity index (χ3v) is 6.59. The van der Waals surface area contributed by atoms with E-state index in [1.807, 2.05) is 6.08 Å². The highest BCUT2D eigenvalue weighted by atomic mass is 35.5. The van der Waals surface area contributed by atoms with Crippen molar-refractivity contribution in [3.63, 3.8) is 0 Å². The molecule has 164 valence electrons. The number of benzene rings is 2. The number of hydrogen-bond acceptors (Lipinski definition) is 2. The summed E-state index contributed by atoms with van der Waals surface area (Å²) in [6.07, 6.45) is 3.47. The number of halogens is 4. The van der Waals surface area contributed by atoms with E-state index >= 15 is 0 Å². The van der Waals surface area contributed by atoms with Gasteiger partial charge in [0.15, 0.2) is 0 Å². The number of carbonyl (C=O) groups excluding carboxylic acids is 1. The number of amides is 1. The molecular formula is C24H24Cl3FN2O. The van der Waals surface area contributed by atoms with Crippen LogP contribution in [-0.2, 0) is 16.8 Å². The molecule has 4 rings (SSSR count). The minimum atomic E-state index is -0.457. The predicted molar refractivity (Wildman–Crippen MR) is 126 cm³/mol. The molecule has 0 aromatic heterocycles. The summed E-state index contributed by atoms with van der Waals surface area (Å²) in [7, 11) is 2.08. The minimum Gasteiger partial charge on any atom is -0.306 e. The smallest absolute Gasteiger partial charge is 0.255 e. The van der Waals surface area contributed by atoms with Gasteiger partial charge in [-0.05, 0) is 80.5 Å². The maximum atomic E-state index is 13.6. The Morgan fingerprint density at radius 3 is 2.23 bits per heavy atom. The van der Waals surface area contributed by atoms with E-state index in [1.54, 1.807) is 35.2 Å². The first kappa shape index (κ1) is 23.8. The van der Waals surface area contributed by atoms with Gasteiger partial charge < -0.3 is 9.80 Å². The van der Waals surface area contributed by atoms with Crippen molar-refractivity contribution in [2.75, 3.05) is 20.1 Å². The SMILES string of the molecule is C=C1C=C(C2(c3ccc(F)cc3)CCN(C)CC2)C(=O)N1Cc1cc(Cl)cc(Cl)c1.Cl. The van der Waals surface area contributed by atoms with Crippen LogP contribution < -0.4 is 0 Å². The van der Waals surface area contributed by atoms with Crippen LogP contribution in [0.5, 0.6) is 0 Å². The van der Waals surface area contributed by atoms with Crippen molar-refractivity contribution < 1.29 is 9.18 Å². The van der Waals surface area contributed by atoms with E-state index in [0.717, 1.165) is 42.6 Å². The van der Waals surface area contributed by atoms with Crippen LogP contribution in [0.2, 0.25) is 10.0 Å². The van der Waals surface area contributed by atoms with Gasteiger partial charge in [-0.2, -0.15) is 0 Å². The molecule has 0 N–H and O–H groups in total. The van der Waals surface area contributed by atoms with E-state index in [1.165, 1.54) is 12.1 Å². The minimum absolute atomic E-state index is 0. The molecule has 3 nitrogen and oxygen atoms in total. The van der Waals surface area contributed by atoms with Crippen molar-refractivity contribution in [3.8, 4) is 0 Å². The molecule has 2 aliphatic heterocycles. The fourth-order valence-electron chi connectivity index (χ4n) is 4.47. The van der Waals surface area contributed by atoms with Crippen molar-refractivity contribution in [1.29, 1.82) is 0 Å². The highest BCUT2D eigenvalue weighted by Gasteiger charge is 2.45. The van der Waals surface area contributed by atoms with Gasteiger partial charge in [-0.15, -0.1) is 12.4 Å². The molecule has 0 spiro atoms. The molecule has 2 aromatic carbocycles. The Balaban J connectivity index is 0.00000272. The van der Waals surface area contributed by atoms with Crippen LogP contribution in [0.15, 0.2) is 66.4 Å². The van der Waals surface area contributed by atoms with Gasteiger partial charge in [0.05, 0.1) is 6.54 Å². The molecule has 31 heavy (non-hydrogen) atoms. The van der Waals surface area contributed by atoms with Crippen molar-refractivity contribution in [1.82, 2.24) is 9.80 Å². The highest BCUT2D eigenvalue weighted by molar-refractivity contribution is 6.34. The molecule has 2 heterocycles. The van der Waals surface area contributed by atoms with Gasteiger partial charge in [-0.25, -0.2) is 4.39 Å². The molecule has 1 amide bonds. The number of likely N-dealkylation sites (tertiary alicyclic amines) is 1. The highest BCUT2D eigenvalue weighted by Crippen LogP contribution is 2.45. The van der Waals surface area contributed by atoms with Gasteiger partial charge in [-0.1, -0.05) is 41.9 Å². The fourth-order valence-corrected chi connectivity index (χ4v) is 5.04. The number of carbonyl (C=O) groups is 1. The van der Waals surface area contributed by atoms with Gasteiger partial charge in [0.1, 0.15) is 5.82 Å². The Morgan fingerprint density at radius 2 is 1.65 bits per heavy atom. The Bertz CT molecular complexity index is 1010. The van der Waals surface area contributed by atoms with Crippen LogP contribution in [0.3, 0.4) is 0 Å². The molecule has 0 aliphatic carbocycles. The molecule has 0 unspecified atom stereocenters. The Morgan fingerprint density at radius 1 is 1.06 bits per heavy atom. The molecule has 2 aromatic rings. The number of nitrogens with zero attached hydrogens (tertiary/aromatic N) is 2. The zero-order chi connectivity index (χ0) is 21.5. The molecule has 0 atom stereocenters. The predicted octanol–water partition coefficient (Wildman–Crippen LogP) is 6.00. The summed E-state index contributed by atoms with van der Waals surface area (Å²) in [6.45, 7) is 6.18. The third-order valence-electron chi connectivity index (χ3n) is 6.15. The zero-order valence-electron chi connectivity index (χ0n) is 17.2. The number of piperidine rings is 1. The first-order valence-corrected chi connectivity index (χ1v) is 10.7. The molecule has 7 heteroatoms. The molecule has 0 bridgehead atoms. The first-order valence-electron chi connectivity index (χ1n) is 9.91. The van der Waals surface area contributed by atoms with Gasteiger partial charge in [0.25, 0.3) is 5.91 Å². The lowest BCUT2D eigenvalue weighted by Gasteiger charge is -2.42. The molecule has 1 saturated heterocycles. The quantitative estimate of drug-likeness (QED) is 0.535. The summed E-state index contributed by atoms with van der Waals surface area (Å²) >= 11 is 12.3. The second kappa shape index (κ2) is 9.33. The van der Waals surface area contributed by atoms with Crippen LogP contribution in [0.25, 0.3) is 0 Å².